The molecule has 1 aromatic heterocycles. The van der Waals surface area contributed by atoms with Crippen molar-refractivity contribution < 1.29 is 0 Å². The van der Waals surface area contributed by atoms with Crippen molar-refractivity contribution in [3.8, 4) is 0 Å². The average Bonchev–Trinajstić information content (AvgIpc) is 2.81. The molecule has 2 rings (SSSR count). The van der Waals surface area contributed by atoms with Crippen molar-refractivity contribution in [3.63, 3.8) is 0 Å². The van der Waals surface area contributed by atoms with Gasteiger partial charge in [-0.1, -0.05) is 35.9 Å². The van der Waals surface area contributed by atoms with Gasteiger partial charge < -0.3 is 0 Å². The summed E-state index contributed by atoms with van der Waals surface area (Å²) in [6, 6.07) is 2.13. The monoisotopic (exact) mass is 231 g/mol. The van der Waals surface area contributed by atoms with Crippen LogP contribution in [-0.4, -0.2) is 4.98 Å². The fourth-order valence-corrected chi connectivity index (χ4v) is 1.99. The van der Waals surface area contributed by atoms with Crippen molar-refractivity contribution in [2.75, 3.05) is 0 Å². The Labute approximate surface area is 101 Å². The molecule has 1 nitrogen and oxygen atoms in total. The zero-order chi connectivity index (χ0) is 11.5. The van der Waals surface area contributed by atoms with Crippen LogP contribution in [0, 0.1) is 6.92 Å². The molecule has 1 aromatic rings. The van der Waals surface area contributed by atoms with Gasteiger partial charge in [-0.15, -0.1) is 0 Å². The highest BCUT2D eigenvalue weighted by Gasteiger charge is 2.07. The predicted octanol–water partition coefficient (Wildman–Crippen LogP) is 4.33. The Balaban J connectivity index is 2.40. The third kappa shape index (κ3) is 2.10. The molecule has 1 heterocycles. The molecule has 0 bridgehead atoms. The highest BCUT2D eigenvalue weighted by Crippen LogP contribution is 2.25. The van der Waals surface area contributed by atoms with Gasteiger partial charge in [0.05, 0.1) is 10.7 Å². The number of pyridine rings is 1. The summed E-state index contributed by atoms with van der Waals surface area (Å²) >= 11 is 6.08. The average molecular weight is 232 g/mol. The second-order valence-corrected chi connectivity index (χ2v) is 4.23. The van der Waals surface area contributed by atoms with Gasteiger partial charge in [0.25, 0.3) is 0 Å². The summed E-state index contributed by atoms with van der Waals surface area (Å²) < 4.78 is 0. The van der Waals surface area contributed by atoms with E-state index in [1.54, 1.807) is 0 Å². The molecule has 0 aromatic carbocycles. The van der Waals surface area contributed by atoms with E-state index >= 15 is 0 Å². The summed E-state index contributed by atoms with van der Waals surface area (Å²) in [5.41, 5.74) is 4.40. The van der Waals surface area contributed by atoms with E-state index in [2.05, 4.69) is 29.3 Å². The Morgan fingerprint density at radius 3 is 2.88 bits per heavy atom. The Morgan fingerprint density at radius 1 is 1.50 bits per heavy atom. The summed E-state index contributed by atoms with van der Waals surface area (Å²) in [5, 5.41) is 0.708. The minimum absolute atomic E-state index is 0.708. The maximum absolute atomic E-state index is 6.08. The lowest BCUT2D eigenvalue weighted by atomic mass is 10.1. The van der Waals surface area contributed by atoms with Gasteiger partial charge in [0.2, 0.25) is 0 Å². The van der Waals surface area contributed by atoms with E-state index in [0.29, 0.717) is 5.03 Å². The number of aromatic nitrogens is 1. The molecule has 0 saturated carbocycles. The second kappa shape index (κ2) is 4.67. The molecule has 0 radical (unpaired) electrons. The van der Waals surface area contributed by atoms with Gasteiger partial charge >= 0.3 is 0 Å². The normalized spacial score (nSPS) is 15.4. The molecule has 0 atom stereocenters. The molecule has 0 fully saturated rings. The smallest absolute Gasteiger partial charge is 0.0842 e. The van der Waals surface area contributed by atoms with Crippen molar-refractivity contribution in [1.82, 2.24) is 4.98 Å². The Morgan fingerprint density at radius 2 is 2.31 bits per heavy atom. The van der Waals surface area contributed by atoms with Gasteiger partial charge in [0.15, 0.2) is 0 Å². The van der Waals surface area contributed by atoms with Crippen molar-refractivity contribution in [3.05, 3.63) is 53.4 Å². The minimum Gasteiger partial charge on any atom is -0.254 e. The fourth-order valence-electron chi connectivity index (χ4n) is 1.79. The first-order valence-electron chi connectivity index (χ1n) is 5.38. The standard InChI is InChI=1S/C14H14ClN/c1-3-13(15)14-10(2)8-12(9-16-14)11-6-4-5-7-11/h3-4,6-9H,5H2,1-2H3/b13-3+. The number of hydrogen-bond acceptors (Lipinski definition) is 1. The number of nitrogens with zero attached hydrogens (tertiary/aromatic N) is 1. The van der Waals surface area contributed by atoms with Crippen LogP contribution in [-0.2, 0) is 0 Å². The summed E-state index contributed by atoms with van der Waals surface area (Å²) in [6.45, 7) is 3.95. The zero-order valence-corrected chi connectivity index (χ0v) is 10.3. The Bertz CT molecular complexity index is 495. The quantitative estimate of drug-likeness (QED) is 0.738. The molecule has 0 N–H and O–H groups in total. The lowest BCUT2D eigenvalue weighted by molar-refractivity contribution is 1.22. The third-order valence-electron chi connectivity index (χ3n) is 2.66. The summed E-state index contributed by atoms with van der Waals surface area (Å²) in [4.78, 5) is 4.42. The van der Waals surface area contributed by atoms with E-state index in [4.69, 9.17) is 11.6 Å². The van der Waals surface area contributed by atoms with Crippen LogP contribution in [0.4, 0.5) is 0 Å². The first-order chi connectivity index (χ1) is 7.72. The SMILES string of the molecule is C/C=C(/Cl)c1ncc(C2=CCC=C2)cc1C. The van der Waals surface area contributed by atoms with E-state index < -0.39 is 0 Å². The molecule has 1 aliphatic carbocycles. The van der Waals surface area contributed by atoms with Crippen molar-refractivity contribution in [2.24, 2.45) is 0 Å². The van der Waals surface area contributed by atoms with Crippen LogP contribution in [0.3, 0.4) is 0 Å². The predicted molar refractivity (Wildman–Crippen MR) is 70.2 cm³/mol. The second-order valence-electron chi connectivity index (χ2n) is 3.82. The fraction of sp³-hybridized carbons (Fsp3) is 0.214. The number of allylic oxidation sites excluding steroid dienone is 5. The number of halogens is 1. The number of hydrogen-bond donors (Lipinski definition) is 0. The van der Waals surface area contributed by atoms with Crippen LogP contribution in [0.1, 0.15) is 30.2 Å². The van der Waals surface area contributed by atoms with Crippen LogP contribution in [0.15, 0.2) is 36.6 Å². The Hall–Kier alpha value is -1.34. The van der Waals surface area contributed by atoms with E-state index in [0.717, 1.165) is 23.2 Å². The number of rotatable bonds is 2. The zero-order valence-electron chi connectivity index (χ0n) is 9.50. The van der Waals surface area contributed by atoms with Crippen LogP contribution in [0.2, 0.25) is 0 Å². The molecular weight excluding hydrogens is 218 g/mol. The molecule has 2 heteroatoms. The van der Waals surface area contributed by atoms with Crippen LogP contribution in [0.5, 0.6) is 0 Å². The first-order valence-corrected chi connectivity index (χ1v) is 5.76. The minimum atomic E-state index is 0.708. The number of aryl methyl sites for hydroxylation is 1. The van der Waals surface area contributed by atoms with Gasteiger partial charge in [-0.3, -0.25) is 4.98 Å². The van der Waals surface area contributed by atoms with E-state index in [1.165, 1.54) is 5.57 Å². The topological polar surface area (TPSA) is 12.9 Å². The molecule has 1 aliphatic rings. The van der Waals surface area contributed by atoms with Crippen molar-refractivity contribution in [2.45, 2.75) is 20.3 Å². The molecule has 0 aliphatic heterocycles. The van der Waals surface area contributed by atoms with Gasteiger partial charge in [-0.05, 0) is 43.0 Å². The van der Waals surface area contributed by atoms with Crippen LogP contribution >= 0.6 is 11.6 Å². The largest absolute Gasteiger partial charge is 0.254 e. The van der Waals surface area contributed by atoms with Crippen LogP contribution in [0.25, 0.3) is 10.6 Å². The molecule has 0 unspecified atom stereocenters. The van der Waals surface area contributed by atoms with Gasteiger partial charge in [0.1, 0.15) is 0 Å². The highest BCUT2D eigenvalue weighted by molar-refractivity contribution is 6.48. The lowest BCUT2D eigenvalue weighted by Gasteiger charge is -2.06. The maximum atomic E-state index is 6.08. The molecule has 0 saturated heterocycles. The van der Waals surface area contributed by atoms with Gasteiger partial charge in [-0.2, -0.15) is 0 Å². The first kappa shape index (κ1) is 11.2. The highest BCUT2D eigenvalue weighted by atomic mass is 35.5. The lowest BCUT2D eigenvalue weighted by Crippen LogP contribution is -1.92. The van der Waals surface area contributed by atoms with Gasteiger partial charge in [-0.25, -0.2) is 0 Å². The molecular formula is C14H14ClN. The Kier molecular flexibility index (Phi) is 3.25. The van der Waals surface area contributed by atoms with Gasteiger partial charge in [0, 0.05) is 6.20 Å². The summed E-state index contributed by atoms with van der Waals surface area (Å²) in [7, 11) is 0. The van der Waals surface area contributed by atoms with Crippen molar-refractivity contribution >= 4 is 22.2 Å². The van der Waals surface area contributed by atoms with E-state index in [1.807, 2.05) is 26.1 Å². The summed E-state index contributed by atoms with van der Waals surface area (Å²) in [5.74, 6) is 0. The van der Waals surface area contributed by atoms with E-state index in [9.17, 15) is 0 Å². The molecule has 0 amide bonds. The van der Waals surface area contributed by atoms with Crippen LogP contribution < -0.4 is 0 Å². The molecule has 82 valence electrons. The third-order valence-corrected chi connectivity index (χ3v) is 3.06. The van der Waals surface area contributed by atoms with E-state index in [-0.39, 0.29) is 0 Å². The summed E-state index contributed by atoms with van der Waals surface area (Å²) in [6.07, 6.45) is 11.3. The molecule has 16 heavy (non-hydrogen) atoms. The van der Waals surface area contributed by atoms with Crippen molar-refractivity contribution in [1.29, 1.82) is 0 Å². The molecule has 0 spiro atoms. The maximum Gasteiger partial charge on any atom is 0.0842 e.